The van der Waals surface area contributed by atoms with Gasteiger partial charge in [0.05, 0.1) is 10.9 Å². The molecule has 7 heteroatoms. The van der Waals surface area contributed by atoms with Crippen molar-refractivity contribution in [2.45, 2.75) is 71.6 Å². The molecule has 2 aromatic heterocycles. The molecule has 206 valence electrons. The number of aromatic nitrogens is 2. The first-order chi connectivity index (χ1) is 18.8. The van der Waals surface area contributed by atoms with Gasteiger partial charge >= 0.3 is 6.18 Å². The van der Waals surface area contributed by atoms with E-state index in [1.165, 1.54) is 37.8 Å². The van der Waals surface area contributed by atoms with Gasteiger partial charge in [-0.2, -0.15) is 13.2 Å². The van der Waals surface area contributed by atoms with E-state index in [4.69, 9.17) is 4.98 Å². The summed E-state index contributed by atoms with van der Waals surface area (Å²) in [6, 6.07) is 12.2. The molecule has 0 N–H and O–H groups in total. The first-order valence-corrected chi connectivity index (χ1v) is 14.1. The fourth-order valence-corrected chi connectivity index (χ4v) is 5.92. The van der Waals surface area contributed by atoms with Crippen LogP contribution in [0.2, 0.25) is 0 Å². The number of fused-ring (bicyclic) bond motifs is 1. The van der Waals surface area contributed by atoms with Crippen LogP contribution in [-0.4, -0.2) is 23.1 Å². The number of anilines is 2. The molecule has 0 spiro atoms. The van der Waals surface area contributed by atoms with Gasteiger partial charge in [-0.05, 0) is 86.6 Å². The molecule has 1 saturated carbocycles. The summed E-state index contributed by atoms with van der Waals surface area (Å²) in [5, 5.41) is 2.16. The number of alkyl halides is 3. The van der Waals surface area contributed by atoms with Crippen LogP contribution in [0.5, 0.6) is 0 Å². The summed E-state index contributed by atoms with van der Waals surface area (Å²) in [6.45, 7) is 6.53. The van der Waals surface area contributed by atoms with Gasteiger partial charge in [0, 0.05) is 37.9 Å². The van der Waals surface area contributed by atoms with Crippen LogP contribution in [0.25, 0.3) is 12.2 Å². The predicted octanol–water partition coefficient (Wildman–Crippen LogP) is 6.38. The van der Waals surface area contributed by atoms with Gasteiger partial charge in [-0.25, -0.2) is 9.97 Å². The van der Waals surface area contributed by atoms with Gasteiger partial charge in [-0.15, -0.1) is 0 Å². The topological polar surface area (TPSA) is 32.3 Å². The zero-order valence-corrected chi connectivity index (χ0v) is 22.8. The van der Waals surface area contributed by atoms with E-state index in [1.807, 2.05) is 24.3 Å². The van der Waals surface area contributed by atoms with Crippen LogP contribution in [0.1, 0.15) is 67.7 Å². The molecule has 39 heavy (non-hydrogen) atoms. The monoisotopic (exact) mass is 534 g/mol. The van der Waals surface area contributed by atoms with Crippen LogP contribution in [0.15, 0.2) is 48.7 Å². The van der Waals surface area contributed by atoms with Crippen molar-refractivity contribution >= 4 is 23.8 Å². The molecule has 0 atom stereocenters. The van der Waals surface area contributed by atoms with Crippen LogP contribution >= 0.6 is 0 Å². The molecule has 0 radical (unpaired) electrons. The van der Waals surface area contributed by atoms with Crippen molar-refractivity contribution in [3.63, 3.8) is 0 Å². The van der Waals surface area contributed by atoms with E-state index in [1.54, 1.807) is 13.1 Å². The van der Waals surface area contributed by atoms with E-state index < -0.39 is 11.7 Å². The molecule has 0 unspecified atom stereocenters. The Morgan fingerprint density at radius 3 is 2.46 bits per heavy atom. The Balaban J connectivity index is 1.55. The lowest BCUT2D eigenvalue weighted by Gasteiger charge is -2.30. The Morgan fingerprint density at radius 1 is 0.949 bits per heavy atom. The van der Waals surface area contributed by atoms with Gasteiger partial charge in [0.25, 0.3) is 0 Å². The van der Waals surface area contributed by atoms with E-state index in [0.717, 1.165) is 53.7 Å². The molecule has 3 aromatic rings. The van der Waals surface area contributed by atoms with Gasteiger partial charge < -0.3 is 9.80 Å². The largest absolute Gasteiger partial charge is 0.416 e. The molecule has 1 aromatic carbocycles. The lowest BCUT2D eigenvalue weighted by atomic mass is 10.0. The molecular formula is C32H37F3N4. The van der Waals surface area contributed by atoms with Crippen LogP contribution in [0.4, 0.5) is 24.8 Å². The Bertz CT molecular complexity index is 1400. The maximum atomic E-state index is 13.6. The quantitative estimate of drug-likeness (QED) is 0.319. The SMILES string of the molecule is CCN(CC1CCCC1)c1nc2c(cc1CN(Cc1cc(C)cc(C(F)(F)F)c1)c1ccccn1)=CCCC=2. The standard InChI is InChI=1S/C32H37F3N4/c1-3-38(20-24-10-4-5-11-24)31-27(19-26-12-6-7-13-29(26)37-31)22-39(30-14-8-9-15-36-30)21-25-16-23(2)17-28(18-25)32(33,34)35/h8-9,12-19,24H,3-7,10-11,20-22H2,1-2H3. The molecule has 0 saturated heterocycles. The van der Waals surface area contributed by atoms with E-state index in [0.29, 0.717) is 30.1 Å². The van der Waals surface area contributed by atoms with Gasteiger partial charge in [-0.3, -0.25) is 0 Å². The van der Waals surface area contributed by atoms with Crippen molar-refractivity contribution in [3.05, 3.63) is 81.5 Å². The number of aryl methyl sites for hydroxylation is 1. The summed E-state index contributed by atoms with van der Waals surface area (Å²) in [7, 11) is 0. The van der Waals surface area contributed by atoms with Crippen molar-refractivity contribution in [1.29, 1.82) is 0 Å². The molecule has 0 amide bonds. The third-order valence-electron chi connectivity index (χ3n) is 7.81. The molecule has 2 aliphatic carbocycles. The minimum atomic E-state index is -4.39. The third-order valence-corrected chi connectivity index (χ3v) is 7.81. The zero-order valence-electron chi connectivity index (χ0n) is 22.8. The number of hydrogen-bond donors (Lipinski definition) is 0. The minimum absolute atomic E-state index is 0.308. The summed E-state index contributed by atoms with van der Waals surface area (Å²) >= 11 is 0. The van der Waals surface area contributed by atoms with Crippen molar-refractivity contribution in [2.75, 3.05) is 22.9 Å². The number of nitrogens with zero attached hydrogens (tertiary/aromatic N) is 4. The average molecular weight is 535 g/mol. The van der Waals surface area contributed by atoms with E-state index in [9.17, 15) is 13.2 Å². The number of hydrogen-bond acceptors (Lipinski definition) is 4. The summed E-state index contributed by atoms with van der Waals surface area (Å²) in [5.41, 5.74) is 1.66. The fraction of sp³-hybridized carbons (Fsp3) is 0.438. The van der Waals surface area contributed by atoms with E-state index in [2.05, 4.69) is 39.9 Å². The summed E-state index contributed by atoms with van der Waals surface area (Å²) < 4.78 is 40.9. The summed E-state index contributed by atoms with van der Waals surface area (Å²) in [4.78, 5) is 14.2. The second kappa shape index (κ2) is 11.8. The molecule has 1 fully saturated rings. The van der Waals surface area contributed by atoms with Gasteiger partial charge in [-0.1, -0.05) is 42.7 Å². The van der Waals surface area contributed by atoms with Crippen LogP contribution in [-0.2, 0) is 19.3 Å². The normalized spacial score (nSPS) is 15.4. The van der Waals surface area contributed by atoms with Gasteiger partial charge in [0.15, 0.2) is 0 Å². The molecular weight excluding hydrogens is 497 g/mol. The highest BCUT2D eigenvalue weighted by molar-refractivity contribution is 5.53. The number of benzene rings is 1. The molecule has 0 aliphatic heterocycles. The van der Waals surface area contributed by atoms with Gasteiger partial charge in [0.2, 0.25) is 0 Å². The Hall–Kier alpha value is -3.35. The summed E-state index contributed by atoms with van der Waals surface area (Å²) in [5.74, 6) is 2.38. The third kappa shape index (κ3) is 6.63. The maximum absolute atomic E-state index is 13.6. The van der Waals surface area contributed by atoms with Crippen molar-refractivity contribution in [1.82, 2.24) is 9.97 Å². The lowest BCUT2D eigenvalue weighted by Crippen LogP contribution is -2.38. The Morgan fingerprint density at radius 2 is 1.74 bits per heavy atom. The second-order valence-electron chi connectivity index (χ2n) is 10.9. The van der Waals surface area contributed by atoms with Crippen molar-refractivity contribution in [3.8, 4) is 0 Å². The average Bonchev–Trinajstić information content (AvgIpc) is 3.44. The molecule has 5 rings (SSSR count). The predicted molar refractivity (Wildman–Crippen MR) is 152 cm³/mol. The van der Waals surface area contributed by atoms with Crippen LogP contribution < -0.4 is 20.4 Å². The van der Waals surface area contributed by atoms with Crippen molar-refractivity contribution < 1.29 is 13.2 Å². The number of halogens is 3. The Labute approximate surface area is 228 Å². The lowest BCUT2D eigenvalue weighted by molar-refractivity contribution is -0.137. The van der Waals surface area contributed by atoms with E-state index >= 15 is 0 Å². The Kier molecular flexibility index (Phi) is 8.24. The minimum Gasteiger partial charge on any atom is -0.356 e. The highest BCUT2D eigenvalue weighted by Crippen LogP contribution is 2.32. The zero-order chi connectivity index (χ0) is 27.4. The molecule has 0 bridgehead atoms. The van der Waals surface area contributed by atoms with Gasteiger partial charge in [0.1, 0.15) is 11.6 Å². The smallest absolute Gasteiger partial charge is 0.356 e. The summed E-state index contributed by atoms with van der Waals surface area (Å²) in [6.07, 6.45) is 8.87. The van der Waals surface area contributed by atoms with Crippen LogP contribution in [0, 0.1) is 12.8 Å². The fourth-order valence-electron chi connectivity index (χ4n) is 5.92. The number of pyridine rings is 2. The van der Waals surface area contributed by atoms with E-state index in [-0.39, 0.29) is 0 Å². The highest BCUT2D eigenvalue weighted by Gasteiger charge is 2.31. The maximum Gasteiger partial charge on any atom is 0.416 e. The molecule has 2 aliphatic rings. The molecule has 2 heterocycles. The highest BCUT2D eigenvalue weighted by atomic mass is 19.4. The number of rotatable bonds is 9. The first-order valence-electron chi connectivity index (χ1n) is 14.1. The van der Waals surface area contributed by atoms with Crippen LogP contribution in [0.3, 0.4) is 0 Å². The molecule has 4 nitrogen and oxygen atoms in total. The van der Waals surface area contributed by atoms with Crippen molar-refractivity contribution in [2.24, 2.45) is 5.92 Å². The first kappa shape index (κ1) is 27.2. The second-order valence-corrected chi connectivity index (χ2v) is 10.9.